The summed E-state index contributed by atoms with van der Waals surface area (Å²) in [4.78, 5) is 32.9. The number of carbonyl (C=O) groups excluding carboxylic acids is 2. The summed E-state index contributed by atoms with van der Waals surface area (Å²) in [6.45, 7) is 1.73. The molecule has 1 unspecified atom stereocenters. The highest BCUT2D eigenvalue weighted by Gasteiger charge is 2.38. The average molecular weight is 220 g/mol. The van der Waals surface area contributed by atoms with E-state index in [1.165, 1.54) is 11.1 Å². The predicted octanol–water partition coefficient (Wildman–Crippen LogP) is -0.0911. The molecule has 0 saturated carbocycles. The van der Waals surface area contributed by atoms with Gasteiger partial charge in [-0.25, -0.2) is 9.97 Å². The molecule has 0 aliphatic carbocycles. The molecule has 1 atom stereocenters. The van der Waals surface area contributed by atoms with E-state index in [1.807, 2.05) is 0 Å². The van der Waals surface area contributed by atoms with E-state index in [2.05, 4.69) is 15.3 Å². The standard InChI is InChI=1S/C10H12N4O2/c1-5-11-4-6-7(10(16)14(2)3)9(15)13-8(6)12-5/h4,7H,1-3H3,(H,11,12,13,15). The number of nitrogens with zero attached hydrogens (tertiary/aromatic N) is 3. The minimum Gasteiger partial charge on any atom is -0.348 e. The van der Waals surface area contributed by atoms with Crippen molar-refractivity contribution >= 4 is 17.6 Å². The summed E-state index contributed by atoms with van der Waals surface area (Å²) < 4.78 is 0. The molecule has 0 bridgehead atoms. The third-order valence-corrected chi connectivity index (χ3v) is 2.44. The van der Waals surface area contributed by atoms with Crippen molar-refractivity contribution in [3.63, 3.8) is 0 Å². The summed E-state index contributed by atoms with van der Waals surface area (Å²) in [6.07, 6.45) is 1.53. The largest absolute Gasteiger partial charge is 0.348 e. The smallest absolute Gasteiger partial charge is 0.242 e. The first kappa shape index (κ1) is 10.5. The highest BCUT2D eigenvalue weighted by molar-refractivity contribution is 6.15. The average Bonchev–Trinajstić information content (AvgIpc) is 2.51. The Labute approximate surface area is 92.7 Å². The first-order valence-corrected chi connectivity index (χ1v) is 4.86. The molecule has 1 aromatic heterocycles. The molecule has 6 heteroatoms. The van der Waals surface area contributed by atoms with Gasteiger partial charge in [0.05, 0.1) is 0 Å². The summed E-state index contributed by atoms with van der Waals surface area (Å²) in [6, 6.07) is 0. The van der Waals surface area contributed by atoms with Crippen molar-refractivity contribution in [2.75, 3.05) is 19.4 Å². The monoisotopic (exact) mass is 220 g/mol. The molecule has 1 aromatic rings. The zero-order valence-electron chi connectivity index (χ0n) is 9.31. The number of aromatic nitrogens is 2. The fraction of sp³-hybridized carbons (Fsp3) is 0.400. The Kier molecular flexibility index (Phi) is 2.34. The van der Waals surface area contributed by atoms with Gasteiger partial charge in [-0.2, -0.15) is 0 Å². The maximum Gasteiger partial charge on any atom is 0.242 e. The van der Waals surface area contributed by atoms with Gasteiger partial charge in [-0.15, -0.1) is 0 Å². The lowest BCUT2D eigenvalue weighted by Crippen LogP contribution is -2.32. The van der Waals surface area contributed by atoms with E-state index in [0.717, 1.165) is 0 Å². The Morgan fingerprint density at radius 3 is 2.81 bits per heavy atom. The topological polar surface area (TPSA) is 75.2 Å². The molecule has 16 heavy (non-hydrogen) atoms. The van der Waals surface area contributed by atoms with Gasteiger partial charge >= 0.3 is 0 Å². The molecule has 0 aromatic carbocycles. The van der Waals surface area contributed by atoms with Crippen LogP contribution in [0.2, 0.25) is 0 Å². The molecule has 1 aliphatic heterocycles. The molecular weight excluding hydrogens is 208 g/mol. The van der Waals surface area contributed by atoms with Gasteiger partial charge < -0.3 is 10.2 Å². The lowest BCUT2D eigenvalue weighted by atomic mass is 10.0. The fourth-order valence-electron chi connectivity index (χ4n) is 1.62. The SMILES string of the molecule is Cc1ncc2c(n1)NC(=O)C2C(=O)N(C)C. The van der Waals surface area contributed by atoms with Crippen molar-refractivity contribution in [1.29, 1.82) is 0 Å². The summed E-state index contributed by atoms with van der Waals surface area (Å²) in [7, 11) is 3.23. The molecular formula is C10H12N4O2. The lowest BCUT2D eigenvalue weighted by molar-refractivity contribution is -0.134. The molecule has 1 aliphatic rings. The first-order valence-electron chi connectivity index (χ1n) is 4.86. The lowest BCUT2D eigenvalue weighted by Gasteiger charge is -2.14. The van der Waals surface area contributed by atoms with Gasteiger partial charge in [0.1, 0.15) is 17.6 Å². The predicted molar refractivity (Wildman–Crippen MR) is 56.8 cm³/mol. The molecule has 2 rings (SSSR count). The molecule has 2 heterocycles. The summed E-state index contributed by atoms with van der Waals surface area (Å²) >= 11 is 0. The second kappa shape index (κ2) is 3.55. The summed E-state index contributed by atoms with van der Waals surface area (Å²) in [5.74, 6) is -0.405. The van der Waals surface area contributed by atoms with Gasteiger partial charge in [0, 0.05) is 25.9 Å². The Hall–Kier alpha value is -1.98. The minimum atomic E-state index is -0.814. The third kappa shape index (κ3) is 1.52. The van der Waals surface area contributed by atoms with E-state index in [9.17, 15) is 9.59 Å². The summed E-state index contributed by atoms with van der Waals surface area (Å²) in [5.41, 5.74) is 0.550. The number of rotatable bonds is 1. The number of carbonyl (C=O) groups is 2. The highest BCUT2D eigenvalue weighted by Crippen LogP contribution is 2.31. The zero-order valence-corrected chi connectivity index (χ0v) is 9.31. The third-order valence-electron chi connectivity index (χ3n) is 2.44. The van der Waals surface area contributed by atoms with Crippen LogP contribution < -0.4 is 5.32 Å². The molecule has 0 spiro atoms. The Bertz CT molecular complexity index is 470. The van der Waals surface area contributed by atoms with E-state index in [1.54, 1.807) is 21.0 Å². The number of nitrogens with one attached hydrogen (secondary N) is 1. The van der Waals surface area contributed by atoms with Crippen LogP contribution >= 0.6 is 0 Å². The van der Waals surface area contributed by atoms with Gasteiger partial charge in [-0.05, 0) is 6.92 Å². The van der Waals surface area contributed by atoms with E-state index in [4.69, 9.17) is 0 Å². The number of amides is 2. The highest BCUT2D eigenvalue weighted by atomic mass is 16.2. The fourth-order valence-corrected chi connectivity index (χ4v) is 1.62. The maximum absolute atomic E-state index is 11.8. The van der Waals surface area contributed by atoms with Crippen LogP contribution in [-0.4, -0.2) is 40.8 Å². The van der Waals surface area contributed by atoms with Crippen molar-refractivity contribution < 1.29 is 9.59 Å². The number of fused-ring (bicyclic) bond motifs is 1. The van der Waals surface area contributed by atoms with Crippen molar-refractivity contribution in [2.24, 2.45) is 0 Å². The van der Waals surface area contributed by atoms with Gasteiger partial charge in [-0.3, -0.25) is 9.59 Å². The number of aryl methyl sites for hydroxylation is 1. The van der Waals surface area contributed by atoms with Gasteiger partial charge in [0.15, 0.2) is 0 Å². The van der Waals surface area contributed by atoms with E-state index < -0.39 is 5.92 Å². The van der Waals surface area contributed by atoms with Gasteiger partial charge in [0.2, 0.25) is 11.8 Å². The van der Waals surface area contributed by atoms with Crippen LogP contribution in [0.4, 0.5) is 5.82 Å². The number of anilines is 1. The van der Waals surface area contributed by atoms with Crippen LogP contribution in [0, 0.1) is 6.92 Å². The zero-order chi connectivity index (χ0) is 11.9. The molecule has 84 valence electrons. The van der Waals surface area contributed by atoms with Crippen molar-refractivity contribution in [3.8, 4) is 0 Å². The van der Waals surface area contributed by atoms with Gasteiger partial charge in [-0.1, -0.05) is 0 Å². The molecule has 2 amide bonds. The van der Waals surface area contributed by atoms with Crippen LogP contribution in [0.5, 0.6) is 0 Å². The van der Waals surface area contributed by atoms with E-state index in [-0.39, 0.29) is 11.8 Å². The van der Waals surface area contributed by atoms with Crippen LogP contribution in [0.15, 0.2) is 6.20 Å². The molecule has 0 fully saturated rings. The Morgan fingerprint density at radius 2 is 2.19 bits per heavy atom. The number of hydrogen-bond donors (Lipinski definition) is 1. The molecule has 0 radical (unpaired) electrons. The van der Waals surface area contributed by atoms with Gasteiger partial charge in [0.25, 0.3) is 0 Å². The van der Waals surface area contributed by atoms with E-state index in [0.29, 0.717) is 17.2 Å². The van der Waals surface area contributed by atoms with Crippen molar-refractivity contribution in [1.82, 2.24) is 14.9 Å². The molecule has 1 N–H and O–H groups in total. The maximum atomic E-state index is 11.8. The normalized spacial score (nSPS) is 17.9. The van der Waals surface area contributed by atoms with Crippen LogP contribution in [0.3, 0.4) is 0 Å². The van der Waals surface area contributed by atoms with E-state index >= 15 is 0 Å². The summed E-state index contributed by atoms with van der Waals surface area (Å²) in [5, 5.41) is 2.59. The number of likely N-dealkylation sites (N-methyl/N-ethyl adjacent to an activating group) is 1. The van der Waals surface area contributed by atoms with Crippen LogP contribution in [-0.2, 0) is 9.59 Å². The quantitative estimate of drug-likeness (QED) is 0.671. The Balaban J connectivity index is 2.44. The number of hydrogen-bond acceptors (Lipinski definition) is 4. The minimum absolute atomic E-state index is 0.260. The first-order chi connectivity index (χ1) is 7.50. The second-order valence-electron chi connectivity index (χ2n) is 3.88. The second-order valence-corrected chi connectivity index (χ2v) is 3.88. The molecule has 0 saturated heterocycles. The van der Waals surface area contributed by atoms with Crippen LogP contribution in [0.1, 0.15) is 17.3 Å². The van der Waals surface area contributed by atoms with Crippen molar-refractivity contribution in [3.05, 3.63) is 17.6 Å². The van der Waals surface area contributed by atoms with Crippen molar-refractivity contribution in [2.45, 2.75) is 12.8 Å². The molecule has 6 nitrogen and oxygen atoms in total. The van der Waals surface area contributed by atoms with Crippen LogP contribution in [0.25, 0.3) is 0 Å². The Morgan fingerprint density at radius 1 is 1.50 bits per heavy atom.